The highest BCUT2D eigenvalue weighted by atomic mass is 35.5. The average Bonchev–Trinajstić information content (AvgIpc) is 3.21. The number of aliphatic hydroxyl groups excluding tert-OH is 1. The summed E-state index contributed by atoms with van der Waals surface area (Å²) in [7, 11) is 5.20. The van der Waals surface area contributed by atoms with E-state index >= 15 is 0 Å². The molecule has 9 heteroatoms. The molecule has 3 aromatic rings. The minimum atomic E-state index is -0.612. The van der Waals surface area contributed by atoms with Crippen LogP contribution in [0, 0.1) is 0 Å². The fourth-order valence-corrected chi connectivity index (χ4v) is 3.07. The molecule has 2 N–H and O–H groups in total. The lowest BCUT2D eigenvalue weighted by Crippen LogP contribution is -2.17. The van der Waals surface area contributed by atoms with Crippen LogP contribution in [0.25, 0.3) is 11.1 Å². The summed E-state index contributed by atoms with van der Waals surface area (Å²) in [6, 6.07) is 14.2. The second-order valence-corrected chi connectivity index (χ2v) is 8.08. The van der Waals surface area contributed by atoms with Crippen LogP contribution in [0.15, 0.2) is 59.8 Å². The van der Waals surface area contributed by atoms with Crippen LogP contribution in [-0.2, 0) is 0 Å². The molecule has 0 fully saturated rings. The van der Waals surface area contributed by atoms with Crippen molar-refractivity contribution in [2.75, 3.05) is 33.1 Å². The Bertz CT molecular complexity index is 1120. The molecule has 0 radical (unpaired) electrons. The van der Waals surface area contributed by atoms with Crippen molar-refractivity contribution in [1.29, 1.82) is 0 Å². The van der Waals surface area contributed by atoms with E-state index in [9.17, 15) is 9.90 Å². The first-order valence-electron chi connectivity index (χ1n) is 10.3. The van der Waals surface area contributed by atoms with E-state index in [4.69, 9.17) is 21.1 Å². The predicted molar refractivity (Wildman–Crippen MR) is 131 cm³/mol. The molecule has 174 valence electrons. The Morgan fingerprint density at radius 1 is 1.18 bits per heavy atom. The predicted octanol–water partition coefficient (Wildman–Crippen LogP) is 4.18. The first kappa shape index (κ1) is 24.2. The number of hydrogen-bond acceptors (Lipinski definition) is 5. The molecule has 2 aromatic carbocycles. The van der Waals surface area contributed by atoms with Crippen LogP contribution < -0.4 is 14.8 Å². The molecular weight excluding hydrogens is 444 g/mol. The van der Waals surface area contributed by atoms with Crippen molar-refractivity contribution in [2.24, 2.45) is 5.10 Å². The van der Waals surface area contributed by atoms with Gasteiger partial charge in [-0.3, -0.25) is 4.79 Å². The summed E-state index contributed by atoms with van der Waals surface area (Å²) in [4.78, 5) is 14.9. The molecule has 8 nitrogen and oxygen atoms in total. The van der Waals surface area contributed by atoms with Crippen LogP contribution in [0.5, 0.6) is 11.5 Å². The first-order valence-corrected chi connectivity index (χ1v) is 10.6. The Kier molecular flexibility index (Phi) is 7.97. The van der Waals surface area contributed by atoms with Gasteiger partial charge >= 0.3 is 0 Å². The maximum Gasteiger partial charge on any atom is 0.274 e. The molecule has 1 amide bonds. The molecule has 1 heterocycles. The third-order valence-electron chi connectivity index (χ3n) is 4.52. The number of nitrogens with one attached hydrogen (secondary N) is 1. The summed E-state index contributed by atoms with van der Waals surface area (Å²) in [5.74, 6) is 0.572. The van der Waals surface area contributed by atoms with Gasteiger partial charge in [-0.1, -0.05) is 23.7 Å². The Morgan fingerprint density at radius 2 is 1.91 bits per heavy atom. The maximum absolute atomic E-state index is 13.1. The Labute approximate surface area is 198 Å². The zero-order valence-corrected chi connectivity index (χ0v) is 19.7. The summed E-state index contributed by atoms with van der Waals surface area (Å²) < 4.78 is 12.4. The van der Waals surface area contributed by atoms with Gasteiger partial charge < -0.3 is 24.8 Å². The number of anilines is 1. The standard InChI is InChI=1S/C24H27ClN4O4/c1-16(30)14-33-22-10-9-20(12-23(22)32-4)27-24(31)21-11-18(13-29(21)26-15-28(2)3)17-5-7-19(25)8-6-17/h5-13,15-16,30H,14H2,1-4H3,(H,27,31)/b26-15+. The number of rotatable bonds is 9. The second-order valence-electron chi connectivity index (χ2n) is 7.64. The van der Waals surface area contributed by atoms with Crippen LogP contribution in [0.2, 0.25) is 5.02 Å². The molecule has 1 aromatic heterocycles. The van der Waals surface area contributed by atoms with Gasteiger partial charge in [0.2, 0.25) is 0 Å². The molecule has 1 unspecified atom stereocenters. The van der Waals surface area contributed by atoms with Crippen molar-refractivity contribution < 1.29 is 19.4 Å². The van der Waals surface area contributed by atoms with Gasteiger partial charge in [0.1, 0.15) is 18.6 Å². The third-order valence-corrected chi connectivity index (χ3v) is 4.77. The fraction of sp³-hybridized carbons (Fsp3) is 0.250. The Hall–Kier alpha value is -3.49. The van der Waals surface area contributed by atoms with Gasteiger partial charge in [0.15, 0.2) is 11.5 Å². The van der Waals surface area contributed by atoms with Gasteiger partial charge in [-0.2, -0.15) is 5.10 Å². The summed E-state index contributed by atoms with van der Waals surface area (Å²) in [5, 5.41) is 17.3. The maximum atomic E-state index is 13.1. The molecule has 0 aliphatic carbocycles. The van der Waals surface area contributed by atoms with Crippen LogP contribution in [-0.4, -0.2) is 60.8 Å². The van der Waals surface area contributed by atoms with Crippen LogP contribution in [0.4, 0.5) is 5.69 Å². The lowest BCUT2D eigenvalue weighted by molar-refractivity contribution is 0.101. The van der Waals surface area contributed by atoms with E-state index in [1.807, 2.05) is 26.2 Å². The molecule has 0 bridgehead atoms. The summed E-state index contributed by atoms with van der Waals surface area (Å²) in [6.07, 6.45) is 2.78. The number of carbonyl (C=O) groups excluding carboxylic acids is 1. The molecule has 0 aliphatic heterocycles. The van der Waals surface area contributed by atoms with Crippen molar-refractivity contribution in [1.82, 2.24) is 9.58 Å². The van der Waals surface area contributed by atoms with Crippen LogP contribution in [0.1, 0.15) is 17.4 Å². The number of ether oxygens (including phenoxy) is 2. The highest BCUT2D eigenvalue weighted by molar-refractivity contribution is 6.30. The molecule has 0 saturated heterocycles. The number of hydrogen-bond donors (Lipinski definition) is 2. The summed E-state index contributed by atoms with van der Waals surface area (Å²) >= 11 is 6.00. The number of amides is 1. The molecule has 0 aliphatic rings. The molecule has 3 rings (SSSR count). The molecular formula is C24H27ClN4O4. The number of halogens is 1. The van der Waals surface area contributed by atoms with E-state index < -0.39 is 6.10 Å². The van der Waals surface area contributed by atoms with E-state index in [-0.39, 0.29) is 12.5 Å². The minimum absolute atomic E-state index is 0.132. The Morgan fingerprint density at radius 3 is 2.55 bits per heavy atom. The minimum Gasteiger partial charge on any atom is -0.493 e. The molecule has 1 atom stereocenters. The van der Waals surface area contributed by atoms with Crippen LogP contribution >= 0.6 is 11.6 Å². The smallest absolute Gasteiger partial charge is 0.274 e. The number of nitrogens with zero attached hydrogens (tertiary/aromatic N) is 3. The van der Waals surface area contributed by atoms with Gasteiger partial charge in [0.25, 0.3) is 5.91 Å². The average molecular weight is 471 g/mol. The summed E-state index contributed by atoms with van der Waals surface area (Å²) in [6.45, 7) is 1.76. The highest BCUT2D eigenvalue weighted by Gasteiger charge is 2.16. The van der Waals surface area contributed by atoms with E-state index in [0.717, 1.165) is 11.1 Å². The number of carbonyl (C=O) groups is 1. The zero-order chi connectivity index (χ0) is 24.0. The van der Waals surface area contributed by atoms with E-state index in [2.05, 4.69) is 10.4 Å². The SMILES string of the molecule is COc1cc(NC(=O)c2cc(-c3ccc(Cl)cc3)cn2/N=C/N(C)C)ccc1OCC(C)O. The summed E-state index contributed by atoms with van der Waals surface area (Å²) in [5.41, 5.74) is 2.62. The Balaban J connectivity index is 1.88. The topological polar surface area (TPSA) is 88.3 Å². The quantitative estimate of drug-likeness (QED) is 0.362. The molecule has 0 saturated carbocycles. The first-order chi connectivity index (χ1) is 15.8. The van der Waals surface area contributed by atoms with Gasteiger partial charge in [-0.25, -0.2) is 4.68 Å². The van der Waals surface area contributed by atoms with E-state index in [1.54, 1.807) is 60.8 Å². The van der Waals surface area contributed by atoms with Gasteiger partial charge in [0.05, 0.1) is 13.2 Å². The lowest BCUT2D eigenvalue weighted by atomic mass is 10.1. The van der Waals surface area contributed by atoms with E-state index in [1.165, 1.54) is 11.8 Å². The lowest BCUT2D eigenvalue weighted by Gasteiger charge is -2.14. The van der Waals surface area contributed by atoms with Crippen molar-refractivity contribution in [3.63, 3.8) is 0 Å². The normalized spacial score (nSPS) is 11.9. The number of benzene rings is 2. The molecule has 0 spiro atoms. The number of aliphatic hydroxyl groups is 1. The van der Waals surface area contributed by atoms with Crippen LogP contribution in [0.3, 0.4) is 0 Å². The number of methoxy groups -OCH3 is 1. The van der Waals surface area contributed by atoms with Gasteiger partial charge in [-0.15, -0.1) is 0 Å². The monoisotopic (exact) mass is 470 g/mol. The largest absolute Gasteiger partial charge is 0.493 e. The fourth-order valence-electron chi connectivity index (χ4n) is 2.95. The van der Waals surface area contributed by atoms with Crippen molar-refractivity contribution in [2.45, 2.75) is 13.0 Å². The van der Waals surface area contributed by atoms with Gasteiger partial charge in [0, 0.05) is 42.6 Å². The second kappa shape index (κ2) is 10.9. The third kappa shape index (κ3) is 6.50. The van der Waals surface area contributed by atoms with Crippen molar-refractivity contribution in [3.05, 3.63) is 65.4 Å². The molecule has 33 heavy (non-hydrogen) atoms. The van der Waals surface area contributed by atoms with E-state index in [0.29, 0.717) is 27.9 Å². The number of aromatic nitrogens is 1. The van der Waals surface area contributed by atoms with Gasteiger partial charge in [-0.05, 0) is 42.8 Å². The highest BCUT2D eigenvalue weighted by Crippen LogP contribution is 2.31. The van der Waals surface area contributed by atoms with Crippen molar-refractivity contribution in [3.8, 4) is 22.6 Å². The van der Waals surface area contributed by atoms with Crippen molar-refractivity contribution >= 4 is 29.5 Å². The zero-order valence-electron chi connectivity index (χ0n) is 18.9.